The van der Waals surface area contributed by atoms with Crippen molar-refractivity contribution in [2.24, 2.45) is 7.05 Å². The average molecular weight is 253 g/mol. The first-order valence-electron chi connectivity index (χ1n) is 4.71. The van der Waals surface area contributed by atoms with Crippen molar-refractivity contribution in [1.29, 1.82) is 0 Å². The molecule has 1 heterocycles. The minimum Gasteiger partial charge on any atom is -0.271 e. The van der Waals surface area contributed by atoms with E-state index in [9.17, 15) is 0 Å². The highest BCUT2D eigenvalue weighted by Gasteiger charge is 2.11. The molecule has 1 aromatic heterocycles. The first-order valence-corrected chi connectivity index (χ1v) is 5.51. The molecule has 14 heavy (non-hydrogen) atoms. The van der Waals surface area contributed by atoms with Gasteiger partial charge < -0.3 is 0 Å². The number of hydrogen-bond donors (Lipinski definition) is 0. The molecular weight excluding hydrogens is 240 g/mol. The molecule has 2 aromatic rings. The molecule has 0 spiro atoms. The maximum Gasteiger partial charge on any atom is 0.0937 e. The normalized spacial score (nSPS) is 11.5. The summed E-state index contributed by atoms with van der Waals surface area (Å²) in [7, 11) is 2.00. The second kappa shape index (κ2) is 3.39. The van der Waals surface area contributed by atoms with Gasteiger partial charge >= 0.3 is 0 Å². The van der Waals surface area contributed by atoms with Crippen LogP contribution in [0.2, 0.25) is 0 Å². The van der Waals surface area contributed by atoms with E-state index in [1.807, 2.05) is 11.7 Å². The summed E-state index contributed by atoms with van der Waals surface area (Å²) in [5.41, 5.74) is 2.36. The summed E-state index contributed by atoms with van der Waals surface area (Å²) in [6.07, 6.45) is 0. The van der Waals surface area contributed by atoms with Gasteiger partial charge in [-0.05, 0) is 24.1 Å². The Bertz CT molecular complexity index is 471. The van der Waals surface area contributed by atoms with Gasteiger partial charge in [-0.1, -0.05) is 29.8 Å². The molecule has 0 aliphatic heterocycles. The van der Waals surface area contributed by atoms with Gasteiger partial charge in [0.05, 0.1) is 5.52 Å². The molecule has 0 aliphatic carbocycles. The molecule has 2 nitrogen and oxygen atoms in total. The second-order valence-electron chi connectivity index (χ2n) is 3.83. The van der Waals surface area contributed by atoms with Crippen molar-refractivity contribution < 1.29 is 0 Å². The Balaban J connectivity index is 2.77. The van der Waals surface area contributed by atoms with E-state index in [-0.39, 0.29) is 0 Å². The summed E-state index contributed by atoms with van der Waals surface area (Å²) >= 11 is 3.45. The Morgan fingerprint density at radius 2 is 2.07 bits per heavy atom. The van der Waals surface area contributed by atoms with Crippen molar-refractivity contribution in [2.45, 2.75) is 19.8 Å². The fourth-order valence-electron chi connectivity index (χ4n) is 1.88. The van der Waals surface area contributed by atoms with Crippen molar-refractivity contribution in [3.05, 3.63) is 28.4 Å². The SMILES string of the molecule is CC(C)c1c2ccc(Br)cc2nn1C. The van der Waals surface area contributed by atoms with Gasteiger partial charge in [0.1, 0.15) is 0 Å². The third-order valence-corrected chi connectivity index (χ3v) is 2.88. The van der Waals surface area contributed by atoms with Crippen molar-refractivity contribution in [3.8, 4) is 0 Å². The summed E-state index contributed by atoms with van der Waals surface area (Å²) < 4.78 is 3.06. The van der Waals surface area contributed by atoms with Gasteiger partial charge in [-0.3, -0.25) is 4.68 Å². The van der Waals surface area contributed by atoms with Crippen LogP contribution in [0.1, 0.15) is 25.5 Å². The lowest BCUT2D eigenvalue weighted by Gasteiger charge is -2.05. The minimum absolute atomic E-state index is 0.506. The number of nitrogens with zero attached hydrogens (tertiary/aromatic N) is 2. The monoisotopic (exact) mass is 252 g/mol. The Kier molecular flexibility index (Phi) is 2.35. The third-order valence-electron chi connectivity index (χ3n) is 2.39. The van der Waals surface area contributed by atoms with Crippen molar-refractivity contribution in [3.63, 3.8) is 0 Å². The van der Waals surface area contributed by atoms with Crippen molar-refractivity contribution in [1.82, 2.24) is 9.78 Å². The van der Waals surface area contributed by atoms with Crippen LogP contribution in [0.5, 0.6) is 0 Å². The standard InChI is InChI=1S/C11H13BrN2/c1-7(2)11-9-5-4-8(12)6-10(9)13-14(11)3/h4-7H,1-3H3. The predicted octanol–water partition coefficient (Wildman–Crippen LogP) is 3.46. The highest BCUT2D eigenvalue weighted by molar-refractivity contribution is 9.10. The van der Waals surface area contributed by atoms with E-state index in [1.165, 1.54) is 11.1 Å². The molecule has 1 aromatic carbocycles. The lowest BCUT2D eigenvalue weighted by atomic mass is 10.1. The Morgan fingerprint density at radius 1 is 1.36 bits per heavy atom. The molecule has 2 rings (SSSR count). The van der Waals surface area contributed by atoms with Gasteiger partial charge in [-0.15, -0.1) is 0 Å². The third kappa shape index (κ3) is 1.46. The zero-order valence-corrected chi connectivity index (χ0v) is 10.2. The summed E-state index contributed by atoms with van der Waals surface area (Å²) in [6, 6.07) is 6.25. The molecule has 0 amide bonds. The number of hydrogen-bond acceptors (Lipinski definition) is 1. The molecule has 0 bridgehead atoms. The van der Waals surface area contributed by atoms with E-state index in [0.717, 1.165) is 9.99 Å². The summed E-state index contributed by atoms with van der Waals surface area (Å²) in [5, 5.41) is 5.74. The van der Waals surface area contributed by atoms with E-state index in [1.54, 1.807) is 0 Å². The van der Waals surface area contributed by atoms with Crippen LogP contribution in [0.3, 0.4) is 0 Å². The van der Waals surface area contributed by atoms with E-state index < -0.39 is 0 Å². The molecule has 0 N–H and O–H groups in total. The maximum atomic E-state index is 4.48. The Morgan fingerprint density at radius 3 is 2.71 bits per heavy atom. The van der Waals surface area contributed by atoms with Gasteiger partial charge in [-0.25, -0.2) is 0 Å². The molecule has 74 valence electrons. The van der Waals surface area contributed by atoms with Crippen LogP contribution in [0.4, 0.5) is 0 Å². The van der Waals surface area contributed by atoms with Gasteiger partial charge in [0.15, 0.2) is 0 Å². The predicted molar refractivity (Wildman–Crippen MR) is 62.5 cm³/mol. The second-order valence-corrected chi connectivity index (χ2v) is 4.74. The summed E-state index contributed by atoms with van der Waals surface area (Å²) in [5.74, 6) is 0.506. The molecule has 0 radical (unpaired) electrons. The largest absolute Gasteiger partial charge is 0.271 e. The van der Waals surface area contributed by atoms with Crippen LogP contribution in [0.15, 0.2) is 22.7 Å². The first kappa shape index (κ1) is 9.71. The first-order chi connectivity index (χ1) is 6.59. The number of aromatic nitrogens is 2. The van der Waals surface area contributed by atoms with E-state index in [0.29, 0.717) is 5.92 Å². The van der Waals surface area contributed by atoms with Gasteiger partial charge in [-0.2, -0.15) is 5.10 Å². The Hall–Kier alpha value is -0.830. The Labute approximate surface area is 92.0 Å². The number of fused-ring (bicyclic) bond motifs is 1. The van der Waals surface area contributed by atoms with Crippen LogP contribution in [0.25, 0.3) is 10.9 Å². The molecule has 0 saturated carbocycles. The highest BCUT2D eigenvalue weighted by Crippen LogP contribution is 2.26. The number of aryl methyl sites for hydroxylation is 1. The minimum atomic E-state index is 0.506. The quantitative estimate of drug-likeness (QED) is 0.761. The molecule has 0 atom stereocenters. The van der Waals surface area contributed by atoms with Gasteiger partial charge in [0.2, 0.25) is 0 Å². The topological polar surface area (TPSA) is 17.8 Å². The van der Waals surface area contributed by atoms with Gasteiger partial charge in [0.25, 0.3) is 0 Å². The summed E-state index contributed by atoms with van der Waals surface area (Å²) in [6.45, 7) is 4.39. The van der Waals surface area contributed by atoms with Crippen LogP contribution in [-0.2, 0) is 7.05 Å². The van der Waals surface area contributed by atoms with Crippen LogP contribution in [0, 0.1) is 0 Å². The fourth-order valence-corrected chi connectivity index (χ4v) is 2.23. The lowest BCUT2D eigenvalue weighted by molar-refractivity contribution is 0.677. The average Bonchev–Trinajstić information content (AvgIpc) is 2.39. The van der Waals surface area contributed by atoms with Gasteiger partial charge in [0, 0.05) is 22.6 Å². The molecule has 0 fully saturated rings. The zero-order chi connectivity index (χ0) is 10.3. The highest BCUT2D eigenvalue weighted by atomic mass is 79.9. The lowest BCUT2D eigenvalue weighted by Crippen LogP contribution is -1.99. The van der Waals surface area contributed by atoms with Crippen LogP contribution < -0.4 is 0 Å². The summed E-state index contributed by atoms with van der Waals surface area (Å²) in [4.78, 5) is 0. The number of rotatable bonds is 1. The van der Waals surface area contributed by atoms with E-state index in [2.05, 4.69) is 53.1 Å². The number of benzene rings is 1. The zero-order valence-electron chi connectivity index (χ0n) is 8.58. The fraction of sp³-hybridized carbons (Fsp3) is 0.364. The van der Waals surface area contributed by atoms with E-state index in [4.69, 9.17) is 0 Å². The smallest absolute Gasteiger partial charge is 0.0937 e. The van der Waals surface area contributed by atoms with Crippen LogP contribution in [-0.4, -0.2) is 9.78 Å². The molecule has 0 saturated heterocycles. The van der Waals surface area contributed by atoms with Crippen LogP contribution >= 0.6 is 15.9 Å². The molecular formula is C11H13BrN2. The molecule has 0 unspecified atom stereocenters. The van der Waals surface area contributed by atoms with Crippen molar-refractivity contribution in [2.75, 3.05) is 0 Å². The van der Waals surface area contributed by atoms with E-state index >= 15 is 0 Å². The molecule has 0 aliphatic rings. The maximum absolute atomic E-state index is 4.48. The molecule has 3 heteroatoms. The van der Waals surface area contributed by atoms with Crippen molar-refractivity contribution >= 4 is 26.8 Å². The number of halogens is 1.